The van der Waals surface area contributed by atoms with E-state index in [0.717, 1.165) is 26.1 Å². The largest absolute Gasteiger partial charge is 0.481 e. The molecule has 0 fully saturated rings. The van der Waals surface area contributed by atoms with Crippen molar-refractivity contribution in [2.24, 2.45) is 0 Å². The molecule has 0 bridgehead atoms. The number of carbonyl (C=O) groups excluding carboxylic acids is 1. The molecule has 2 aromatic rings. The topological polar surface area (TPSA) is 41.6 Å². The van der Waals surface area contributed by atoms with Crippen LogP contribution in [0.2, 0.25) is 0 Å². The van der Waals surface area contributed by atoms with Gasteiger partial charge >= 0.3 is 0 Å². The zero-order chi connectivity index (χ0) is 16.8. The van der Waals surface area contributed by atoms with Gasteiger partial charge in [-0.15, -0.1) is 0 Å². The summed E-state index contributed by atoms with van der Waals surface area (Å²) >= 11 is 0. The van der Waals surface area contributed by atoms with E-state index in [1.165, 1.54) is 23.3 Å². The summed E-state index contributed by atoms with van der Waals surface area (Å²) < 4.78 is 18.6. The number of rotatable bonds is 6. The molecular formula is C19H21FN2O2. The van der Waals surface area contributed by atoms with Gasteiger partial charge in [0.1, 0.15) is 0 Å². The van der Waals surface area contributed by atoms with Crippen LogP contribution in [0.4, 0.5) is 4.39 Å². The van der Waals surface area contributed by atoms with Gasteiger partial charge in [-0.3, -0.25) is 9.69 Å². The van der Waals surface area contributed by atoms with Crippen molar-refractivity contribution in [2.75, 3.05) is 26.2 Å². The van der Waals surface area contributed by atoms with Crippen LogP contribution >= 0.6 is 0 Å². The summed E-state index contributed by atoms with van der Waals surface area (Å²) in [6.45, 7) is 3.08. The van der Waals surface area contributed by atoms with Crippen LogP contribution < -0.4 is 10.1 Å². The van der Waals surface area contributed by atoms with Crippen molar-refractivity contribution in [1.29, 1.82) is 0 Å². The number of hydrogen-bond donors (Lipinski definition) is 1. The van der Waals surface area contributed by atoms with Crippen LogP contribution in [-0.2, 0) is 17.8 Å². The van der Waals surface area contributed by atoms with Crippen molar-refractivity contribution in [3.05, 3.63) is 65.5 Å². The summed E-state index contributed by atoms with van der Waals surface area (Å²) in [6.07, 6.45) is 1.04. The summed E-state index contributed by atoms with van der Waals surface area (Å²) in [5.74, 6) is -0.603. The molecule has 0 atom stereocenters. The molecule has 24 heavy (non-hydrogen) atoms. The first-order valence-corrected chi connectivity index (χ1v) is 8.15. The first-order valence-electron chi connectivity index (χ1n) is 8.15. The molecule has 0 aromatic heterocycles. The lowest BCUT2D eigenvalue weighted by atomic mass is 10.00. The van der Waals surface area contributed by atoms with E-state index in [1.54, 1.807) is 12.1 Å². The van der Waals surface area contributed by atoms with E-state index in [-0.39, 0.29) is 18.3 Å². The number of benzene rings is 2. The number of halogens is 1. The molecule has 0 spiro atoms. The summed E-state index contributed by atoms with van der Waals surface area (Å²) in [6, 6.07) is 14.5. The van der Waals surface area contributed by atoms with Gasteiger partial charge < -0.3 is 10.1 Å². The van der Waals surface area contributed by atoms with Gasteiger partial charge in [0.2, 0.25) is 0 Å². The predicted molar refractivity (Wildman–Crippen MR) is 90.3 cm³/mol. The van der Waals surface area contributed by atoms with Gasteiger partial charge in [0.15, 0.2) is 18.2 Å². The van der Waals surface area contributed by atoms with Crippen LogP contribution in [0.15, 0.2) is 48.5 Å². The van der Waals surface area contributed by atoms with E-state index in [9.17, 15) is 9.18 Å². The SMILES string of the molecule is O=C(COc1ccccc1F)NCCN1CCc2ccccc2C1. The lowest BCUT2D eigenvalue weighted by Gasteiger charge is -2.28. The Morgan fingerprint density at radius 1 is 1.12 bits per heavy atom. The van der Waals surface area contributed by atoms with E-state index in [1.807, 2.05) is 0 Å². The zero-order valence-corrected chi connectivity index (χ0v) is 13.5. The highest BCUT2D eigenvalue weighted by Gasteiger charge is 2.15. The zero-order valence-electron chi connectivity index (χ0n) is 13.5. The van der Waals surface area contributed by atoms with Crippen LogP contribution in [0, 0.1) is 5.82 Å². The van der Waals surface area contributed by atoms with Crippen molar-refractivity contribution in [1.82, 2.24) is 10.2 Å². The van der Waals surface area contributed by atoms with Crippen LogP contribution in [0.1, 0.15) is 11.1 Å². The molecular weight excluding hydrogens is 307 g/mol. The minimum Gasteiger partial charge on any atom is -0.481 e. The molecule has 4 nitrogen and oxygen atoms in total. The predicted octanol–water partition coefficient (Wildman–Crippen LogP) is 2.38. The second-order valence-corrected chi connectivity index (χ2v) is 5.86. The third kappa shape index (κ3) is 4.32. The van der Waals surface area contributed by atoms with Gasteiger partial charge in [0.05, 0.1) is 0 Å². The standard InChI is InChI=1S/C19H21FN2O2/c20-17-7-3-4-8-18(17)24-14-19(23)21-10-12-22-11-9-15-5-1-2-6-16(15)13-22/h1-8H,9-14H2,(H,21,23). The lowest BCUT2D eigenvalue weighted by Crippen LogP contribution is -2.39. The maximum atomic E-state index is 13.4. The number of hydrogen-bond acceptors (Lipinski definition) is 3. The van der Waals surface area contributed by atoms with Crippen molar-refractivity contribution in [3.8, 4) is 5.75 Å². The van der Waals surface area contributed by atoms with Gasteiger partial charge in [-0.2, -0.15) is 0 Å². The molecule has 1 heterocycles. The third-order valence-electron chi connectivity index (χ3n) is 4.16. The minimum absolute atomic E-state index is 0.0975. The Hall–Kier alpha value is -2.40. The maximum Gasteiger partial charge on any atom is 0.257 e. The first-order chi connectivity index (χ1) is 11.7. The summed E-state index contributed by atoms with van der Waals surface area (Å²) in [4.78, 5) is 14.1. The van der Waals surface area contributed by atoms with Crippen LogP contribution in [0.3, 0.4) is 0 Å². The molecule has 126 valence electrons. The van der Waals surface area contributed by atoms with Crippen LogP contribution in [-0.4, -0.2) is 37.0 Å². The summed E-state index contributed by atoms with van der Waals surface area (Å²) in [5.41, 5.74) is 2.77. The van der Waals surface area contributed by atoms with Crippen molar-refractivity contribution >= 4 is 5.91 Å². The fourth-order valence-electron chi connectivity index (χ4n) is 2.85. The Bertz CT molecular complexity index is 705. The molecule has 1 aliphatic heterocycles. The van der Waals surface area contributed by atoms with Gasteiger partial charge in [-0.1, -0.05) is 36.4 Å². The number of para-hydroxylation sites is 1. The van der Waals surface area contributed by atoms with Crippen LogP contribution in [0.25, 0.3) is 0 Å². The number of fused-ring (bicyclic) bond motifs is 1. The number of amides is 1. The summed E-state index contributed by atoms with van der Waals surface area (Å²) in [5, 5.41) is 2.82. The van der Waals surface area contributed by atoms with Crippen molar-refractivity contribution < 1.29 is 13.9 Å². The monoisotopic (exact) mass is 328 g/mol. The second kappa shape index (κ2) is 7.93. The smallest absolute Gasteiger partial charge is 0.257 e. The molecule has 0 unspecified atom stereocenters. The van der Waals surface area contributed by atoms with Crippen LogP contribution in [0.5, 0.6) is 5.75 Å². The van der Waals surface area contributed by atoms with Crippen molar-refractivity contribution in [2.45, 2.75) is 13.0 Å². The number of nitrogens with one attached hydrogen (secondary N) is 1. The molecule has 1 amide bonds. The Labute approximate surface area is 141 Å². The Morgan fingerprint density at radius 3 is 2.71 bits per heavy atom. The molecule has 0 saturated heterocycles. The number of ether oxygens (including phenoxy) is 1. The molecule has 2 aromatic carbocycles. The maximum absolute atomic E-state index is 13.4. The quantitative estimate of drug-likeness (QED) is 0.885. The molecule has 5 heteroatoms. The Morgan fingerprint density at radius 2 is 1.88 bits per heavy atom. The molecule has 0 radical (unpaired) electrons. The van der Waals surface area contributed by atoms with Gasteiger partial charge in [-0.25, -0.2) is 4.39 Å². The first kappa shape index (κ1) is 16.5. The average Bonchev–Trinajstić information content (AvgIpc) is 2.61. The van der Waals surface area contributed by atoms with E-state index in [0.29, 0.717) is 6.54 Å². The molecule has 1 aliphatic rings. The Kier molecular flexibility index (Phi) is 5.43. The number of nitrogens with zero attached hydrogens (tertiary/aromatic N) is 1. The van der Waals surface area contributed by atoms with E-state index < -0.39 is 5.82 Å². The lowest BCUT2D eigenvalue weighted by molar-refractivity contribution is -0.123. The number of carbonyl (C=O) groups is 1. The van der Waals surface area contributed by atoms with E-state index >= 15 is 0 Å². The molecule has 1 N–H and O–H groups in total. The second-order valence-electron chi connectivity index (χ2n) is 5.86. The minimum atomic E-state index is -0.461. The molecule has 0 aliphatic carbocycles. The fraction of sp³-hybridized carbons (Fsp3) is 0.316. The third-order valence-corrected chi connectivity index (χ3v) is 4.16. The molecule has 0 saturated carbocycles. The fourth-order valence-corrected chi connectivity index (χ4v) is 2.85. The van der Waals surface area contributed by atoms with E-state index in [4.69, 9.17) is 4.74 Å². The van der Waals surface area contributed by atoms with Gasteiger partial charge in [0, 0.05) is 26.2 Å². The molecule has 3 rings (SSSR count). The van der Waals surface area contributed by atoms with Crippen molar-refractivity contribution in [3.63, 3.8) is 0 Å². The normalized spacial score (nSPS) is 14.0. The summed E-state index contributed by atoms with van der Waals surface area (Å²) in [7, 11) is 0. The average molecular weight is 328 g/mol. The van der Waals surface area contributed by atoms with Gasteiger partial charge in [-0.05, 0) is 29.7 Å². The highest BCUT2D eigenvalue weighted by Crippen LogP contribution is 2.18. The van der Waals surface area contributed by atoms with E-state index in [2.05, 4.69) is 34.5 Å². The highest BCUT2D eigenvalue weighted by atomic mass is 19.1. The highest BCUT2D eigenvalue weighted by molar-refractivity contribution is 5.77. The van der Waals surface area contributed by atoms with Gasteiger partial charge in [0.25, 0.3) is 5.91 Å². The Balaban J connectivity index is 1.38.